The van der Waals surface area contributed by atoms with Crippen molar-refractivity contribution in [3.8, 4) is 22.9 Å². The molecule has 8 rings (SSSR count). The normalized spacial score (nSPS) is 26.3. The maximum Gasteiger partial charge on any atom is 0.408 e. The number of thiazole rings is 1. The van der Waals surface area contributed by atoms with Gasteiger partial charge in [0.15, 0.2) is 5.13 Å². The van der Waals surface area contributed by atoms with Crippen molar-refractivity contribution in [2.75, 3.05) is 19.0 Å². The van der Waals surface area contributed by atoms with E-state index in [2.05, 4.69) is 16.0 Å². The van der Waals surface area contributed by atoms with Crippen molar-refractivity contribution in [3.63, 3.8) is 0 Å². The van der Waals surface area contributed by atoms with Gasteiger partial charge in [0.05, 0.1) is 31.0 Å². The summed E-state index contributed by atoms with van der Waals surface area (Å²) in [5.74, 6) is -0.188. The first-order chi connectivity index (χ1) is 29.4. The highest BCUT2D eigenvalue weighted by molar-refractivity contribution is 7.59. The van der Waals surface area contributed by atoms with E-state index in [1.807, 2.05) is 73.2 Å². The number of aromatic nitrogens is 2. The maximum absolute atomic E-state index is 14.8. The van der Waals surface area contributed by atoms with E-state index in [0.29, 0.717) is 53.1 Å². The molecule has 6 atom stereocenters. The van der Waals surface area contributed by atoms with Crippen molar-refractivity contribution in [3.05, 3.63) is 64.2 Å². The van der Waals surface area contributed by atoms with E-state index in [-0.39, 0.29) is 37.2 Å². The highest BCUT2D eigenvalue weighted by Crippen LogP contribution is 2.71. The van der Waals surface area contributed by atoms with Crippen LogP contribution < -0.4 is 25.4 Å². The number of amides is 3. The van der Waals surface area contributed by atoms with Gasteiger partial charge in [-0.3, -0.25) is 14.2 Å². The molecule has 0 radical (unpaired) electrons. The van der Waals surface area contributed by atoms with Crippen molar-refractivity contribution >= 4 is 64.0 Å². The zero-order valence-electron chi connectivity index (χ0n) is 34.8. The second-order valence-electron chi connectivity index (χ2n) is 16.9. The van der Waals surface area contributed by atoms with Crippen molar-refractivity contribution in [1.29, 1.82) is 0 Å². The number of hydrogen-bond acceptors (Lipinski definition) is 12. The minimum absolute atomic E-state index is 0.0313. The monoisotopic (exact) mass is 890 g/mol. The summed E-state index contributed by atoms with van der Waals surface area (Å²) < 4.78 is 32.5. The number of pyridine rings is 1. The van der Waals surface area contributed by atoms with Gasteiger partial charge >= 0.3 is 6.09 Å². The summed E-state index contributed by atoms with van der Waals surface area (Å²) in [6, 6.07) is 9.20. The molecule has 61 heavy (non-hydrogen) atoms. The van der Waals surface area contributed by atoms with Crippen LogP contribution in [0, 0.1) is 5.92 Å². The van der Waals surface area contributed by atoms with Crippen LogP contribution in [0.3, 0.4) is 0 Å². The lowest BCUT2D eigenvalue weighted by molar-refractivity contribution is -0.140. The molecule has 4 aliphatic rings. The van der Waals surface area contributed by atoms with E-state index in [1.165, 1.54) is 27.6 Å². The molecule has 326 valence electrons. The summed E-state index contributed by atoms with van der Waals surface area (Å²) in [5.41, 5.74) is 1.85. The Morgan fingerprint density at radius 2 is 1.87 bits per heavy atom. The summed E-state index contributed by atoms with van der Waals surface area (Å²) in [4.78, 5) is 66.7. The number of carbonyl (C=O) groups excluding carboxylic acids is 3. The summed E-state index contributed by atoms with van der Waals surface area (Å²) in [7, 11) is -2.43. The minimum atomic E-state index is -4.02. The van der Waals surface area contributed by atoms with Gasteiger partial charge in [0.2, 0.25) is 19.2 Å². The maximum atomic E-state index is 14.8. The Bertz CT molecular complexity index is 2300. The first kappa shape index (κ1) is 43.2. The van der Waals surface area contributed by atoms with Crippen molar-refractivity contribution in [2.45, 2.75) is 126 Å². The van der Waals surface area contributed by atoms with Gasteiger partial charge in [0, 0.05) is 46.2 Å². The number of allylic oxidation sites excluding steroid dienone is 1. The van der Waals surface area contributed by atoms with Crippen LogP contribution in [0.4, 0.5) is 9.93 Å². The average Bonchev–Trinajstić information content (AvgIpc) is 3.86. The fraction of sp³-hybridized carbons (Fsp3) is 0.523. The Kier molecular flexibility index (Phi) is 13.1. The number of benzene rings is 1. The lowest BCUT2D eigenvalue weighted by Gasteiger charge is -2.31. The number of alkyl carbamates (subject to hydrolysis) is 1. The van der Waals surface area contributed by atoms with Crippen LogP contribution in [0.2, 0.25) is 0 Å². The fourth-order valence-corrected chi connectivity index (χ4v) is 13.2. The molecule has 1 saturated heterocycles. The first-order valence-electron chi connectivity index (χ1n) is 21.4. The number of nitrogens with zero attached hydrogens (tertiary/aromatic N) is 3. The van der Waals surface area contributed by atoms with Gasteiger partial charge in [-0.1, -0.05) is 31.1 Å². The lowest BCUT2D eigenvalue weighted by atomic mass is 10.0. The largest absolute Gasteiger partial charge is 0.497 e. The molecule has 3 fully saturated rings. The van der Waals surface area contributed by atoms with Gasteiger partial charge in [0.1, 0.15) is 46.8 Å². The number of rotatable bonds is 11. The molecule has 3 amide bonds. The molecule has 0 bridgehead atoms. The van der Waals surface area contributed by atoms with E-state index in [0.717, 1.165) is 55.0 Å². The van der Waals surface area contributed by atoms with E-state index >= 15 is 0 Å². The molecule has 2 aliphatic carbocycles. The molecule has 2 aliphatic heterocycles. The molecule has 2 saturated carbocycles. The quantitative estimate of drug-likeness (QED) is 0.0838. The molecule has 17 heteroatoms. The highest BCUT2D eigenvalue weighted by Gasteiger charge is 2.66. The molecule has 4 N–H and O–H groups in total. The second-order valence-corrected chi connectivity index (χ2v) is 21.4. The SMILES string of the molecule is COc1ccc2c(O[C@@H]3C[C@H]4C(=O)N[C@]5(P(=O)(O)Cc6cccs6)C[C@H]5/C=C\CCCCC[C@H](NC(=O)OC5CCCC5)C(=O)N4C3)cc(-c3csc(NC(C)C)n3)nc2c1. The third-order valence-corrected chi connectivity index (χ3v) is 16.6. The van der Waals surface area contributed by atoms with E-state index in [9.17, 15) is 23.8 Å². The molecule has 0 spiro atoms. The van der Waals surface area contributed by atoms with Gasteiger partial charge in [-0.15, -0.1) is 22.7 Å². The number of ether oxygens (including phenoxy) is 3. The number of fused-ring (bicyclic) bond motifs is 3. The third kappa shape index (κ3) is 9.77. The Hall–Kier alpha value is -4.50. The van der Waals surface area contributed by atoms with Gasteiger partial charge < -0.3 is 40.0 Å². The number of thiophene rings is 1. The number of carbonyl (C=O) groups is 3. The van der Waals surface area contributed by atoms with Crippen molar-refractivity contribution < 1.29 is 38.1 Å². The van der Waals surface area contributed by atoms with Gasteiger partial charge in [-0.25, -0.2) is 14.8 Å². The smallest absolute Gasteiger partial charge is 0.408 e. The van der Waals surface area contributed by atoms with E-state index in [4.69, 9.17) is 24.2 Å². The number of methoxy groups -OCH3 is 1. The molecule has 5 heterocycles. The topological polar surface area (TPSA) is 181 Å². The minimum Gasteiger partial charge on any atom is -0.497 e. The Morgan fingerprint density at radius 3 is 2.64 bits per heavy atom. The summed E-state index contributed by atoms with van der Waals surface area (Å²) in [6.07, 6.45) is 9.80. The average molecular weight is 891 g/mol. The predicted molar refractivity (Wildman–Crippen MR) is 237 cm³/mol. The van der Waals surface area contributed by atoms with Gasteiger partial charge in [0.25, 0.3) is 0 Å². The molecular weight excluding hydrogens is 836 g/mol. The predicted octanol–water partition coefficient (Wildman–Crippen LogP) is 8.46. The first-order valence-corrected chi connectivity index (χ1v) is 25.0. The zero-order chi connectivity index (χ0) is 42.7. The van der Waals surface area contributed by atoms with Crippen molar-refractivity contribution in [1.82, 2.24) is 25.5 Å². The van der Waals surface area contributed by atoms with Gasteiger partial charge in [-0.05, 0) is 88.8 Å². The fourth-order valence-electron chi connectivity index (χ4n) is 8.82. The van der Waals surface area contributed by atoms with Crippen LogP contribution in [0.5, 0.6) is 11.5 Å². The molecule has 3 aromatic heterocycles. The summed E-state index contributed by atoms with van der Waals surface area (Å²) in [6.45, 7) is 4.12. The van der Waals surface area contributed by atoms with Crippen LogP contribution in [-0.4, -0.2) is 86.9 Å². The Labute approximate surface area is 364 Å². The second kappa shape index (κ2) is 18.5. The molecule has 1 unspecified atom stereocenters. The highest BCUT2D eigenvalue weighted by atomic mass is 32.1. The van der Waals surface area contributed by atoms with Gasteiger partial charge in [-0.2, -0.15) is 0 Å². The lowest BCUT2D eigenvalue weighted by Crippen LogP contribution is -2.55. The molecule has 1 aromatic carbocycles. The Balaban J connectivity index is 1.13. The number of anilines is 1. The van der Waals surface area contributed by atoms with Crippen LogP contribution in [0.1, 0.15) is 89.4 Å². The summed E-state index contributed by atoms with van der Waals surface area (Å²) in [5, 5.41) is 13.2. The summed E-state index contributed by atoms with van der Waals surface area (Å²) >= 11 is 2.88. The third-order valence-electron chi connectivity index (χ3n) is 12.1. The number of nitrogens with one attached hydrogen (secondary N) is 3. The molecular formula is C44H55N6O8PS2. The van der Waals surface area contributed by atoms with Crippen LogP contribution in [-0.2, 0) is 25.1 Å². The Morgan fingerprint density at radius 1 is 1.05 bits per heavy atom. The van der Waals surface area contributed by atoms with Crippen LogP contribution in [0.15, 0.2) is 59.3 Å². The van der Waals surface area contributed by atoms with Crippen LogP contribution in [0.25, 0.3) is 22.3 Å². The molecule has 14 nitrogen and oxygen atoms in total. The number of hydrogen-bond donors (Lipinski definition) is 4. The zero-order valence-corrected chi connectivity index (χ0v) is 37.4. The van der Waals surface area contributed by atoms with Crippen molar-refractivity contribution in [2.24, 2.45) is 5.92 Å². The van der Waals surface area contributed by atoms with E-state index in [1.54, 1.807) is 7.11 Å². The molecule has 4 aromatic rings. The van der Waals surface area contributed by atoms with Crippen LogP contribution >= 0.6 is 30.0 Å². The standard InChI is InChI=1S/C44H55N6O8PS2/c1-27(2)45-42-47-37(26-61-42)36-22-39(33-18-17-30(56-3)20-35(33)46-36)57-31-21-38-40(51)49-44(59(54,55)25-32-15-11-19-60-32)23-28(44)12-7-5-4-6-8-16-34(41(52)50(38)24-31)48-43(53)58-29-13-9-10-14-29/h7,11-12,15,17-20,22,26-29,31,34,38H,4-6,8-10,13-14,16,21,23-25H2,1-3H3,(H,45,47)(H,48,53)(H,49,51)(H,54,55)/b12-7-/t28-,31-,34+,38+,44+/m1/s1. The van der Waals surface area contributed by atoms with E-state index < -0.39 is 48.7 Å².